The maximum atomic E-state index is 6.00. The van der Waals surface area contributed by atoms with Crippen LogP contribution in [0.1, 0.15) is 46.0 Å². The largest absolute Gasteiger partial charge is 0.381 e. The topological polar surface area (TPSA) is 50.5 Å². The normalized spacial score (nSPS) is 34.8. The molecule has 2 fully saturated rings. The Morgan fingerprint density at radius 2 is 1.82 bits per heavy atom. The second-order valence-corrected chi connectivity index (χ2v) is 5.74. The molecule has 2 atom stereocenters. The lowest BCUT2D eigenvalue weighted by Gasteiger charge is -2.47. The Bertz CT molecular complexity index is 231. The van der Waals surface area contributed by atoms with Crippen molar-refractivity contribution in [1.29, 1.82) is 0 Å². The van der Waals surface area contributed by atoms with E-state index in [4.69, 9.17) is 10.5 Å². The third-order valence-corrected chi connectivity index (χ3v) is 4.40. The van der Waals surface area contributed by atoms with Gasteiger partial charge in [-0.3, -0.25) is 0 Å². The molecule has 3 N–H and O–H groups in total. The fourth-order valence-corrected chi connectivity index (χ4v) is 3.04. The molecule has 2 heterocycles. The minimum absolute atomic E-state index is 0.0676. The van der Waals surface area contributed by atoms with E-state index in [1.807, 2.05) is 0 Å². The molecule has 0 saturated carbocycles. The van der Waals surface area contributed by atoms with Crippen LogP contribution in [0.25, 0.3) is 0 Å². The Labute approximate surface area is 105 Å². The van der Waals surface area contributed by atoms with Crippen molar-refractivity contribution in [2.24, 2.45) is 5.73 Å². The maximum absolute atomic E-state index is 6.00. The lowest BCUT2D eigenvalue weighted by atomic mass is 9.90. The summed E-state index contributed by atoms with van der Waals surface area (Å²) in [7, 11) is 0. The second-order valence-electron chi connectivity index (χ2n) is 5.74. The van der Waals surface area contributed by atoms with Gasteiger partial charge in [-0.1, -0.05) is 6.42 Å². The van der Waals surface area contributed by atoms with E-state index in [1.54, 1.807) is 0 Å². The van der Waals surface area contributed by atoms with Gasteiger partial charge in [0.05, 0.1) is 0 Å². The zero-order valence-corrected chi connectivity index (χ0v) is 11.2. The van der Waals surface area contributed by atoms with E-state index in [0.29, 0.717) is 18.6 Å². The molecule has 0 aromatic carbocycles. The molecule has 0 aliphatic carbocycles. The number of rotatable bonds is 3. The third kappa shape index (κ3) is 2.99. The van der Waals surface area contributed by atoms with Gasteiger partial charge in [0.15, 0.2) is 0 Å². The first-order valence-corrected chi connectivity index (χ1v) is 7.01. The van der Waals surface area contributed by atoms with Gasteiger partial charge in [-0.2, -0.15) is 0 Å². The van der Waals surface area contributed by atoms with E-state index < -0.39 is 0 Å². The monoisotopic (exact) mass is 241 g/mol. The maximum Gasteiger partial charge on any atom is 0.0492 e. The van der Waals surface area contributed by atoms with Gasteiger partial charge in [-0.15, -0.1) is 0 Å². The molecule has 2 aliphatic heterocycles. The summed E-state index contributed by atoms with van der Waals surface area (Å²) in [4.78, 5) is 0. The minimum atomic E-state index is 0.0676. The van der Waals surface area contributed by atoms with Gasteiger partial charge in [-0.25, -0.2) is 10.4 Å². The van der Waals surface area contributed by atoms with Gasteiger partial charge in [0, 0.05) is 37.4 Å². The van der Waals surface area contributed by atoms with Gasteiger partial charge in [0.2, 0.25) is 0 Å². The third-order valence-electron chi connectivity index (χ3n) is 4.40. The first kappa shape index (κ1) is 13.3. The standard InChI is InChI=1S/C13H27N3O/c1-11-4-3-5-12(2)16(11)15-13(10-14)6-8-17-9-7-13/h11-12,15H,3-10,14H2,1-2H3. The highest BCUT2D eigenvalue weighted by Gasteiger charge is 2.36. The highest BCUT2D eigenvalue weighted by atomic mass is 16.5. The van der Waals surface area contributed by atoms with Crippen molar-refractivity contribution in [3.8, 4) is 0 Å². The van der Waals surface area contributed by atoms with E-state index in [9.17, 15) is 0 Å². The average Bonchev–Trinajstić information content (AvgIpc) is 2.35. The van der Waals surface area contributed by atoms with Crippen LogP contribution in [0.4, 0.5) is 0 Å². The van der Waals surface area contributed by atoms with Crippen LogP contribution < -0.4 is 11.2 Å². The van der Waals surface area contributed by atoms with Crippen LogP contribution in [0.3, 0.4) is 0 Å². The molecule has 0 amide bonds. The van der Waals surface area contributed by atoms with Crippen molar-refractivity contribution >= 4 is 0 Å². The van der Waals surface area contributed by atoms with Crippen LogP contribution in [-0.4, -0.2) is 42.4 Å². The first-order valence-electron chi connectivity index (χ1n) is 7.01. The number of hydrogen-bond donors (Lipinski definition) is 2. The van der Waals surface area contributed by atoms with Crippen LogP contribution in [0.2, 0.25) is 0 Å². The fraction of sp³-hybridized carbons (Fsp3) is 1.00. The molecule has 0 radical (unpaired) electrons. The molecule has 0 bridgehead atoms. The zero-order valence-electron chi connectivity index (χ0n) is 11.2. The van der Waals surface area contributed by atoms with Gasteiger partial charge in [-0.05, 0) is 39.5 Å². The summed E-state index contributed by atoms with van der Waals surface area (Å²) in [5, 5.41) is 2.45. The summed E-state index contributed by atoms with van der Waals surface area (Å²) in [5.74, 6) is 0. The van der Waals surface area contributed by atoms with E-state index in [-0.39, 0.29) is 5.54 Å². The quantitative estimate of drug-likeness (QED) is 0.781. The number of hydrogen-bond acceptors (Lipinski definition) is 4. The van der Waals surface area contributed by atoms with Crippen molar-refractivity contribution in [2.75, 3.05) is 19.8 Å². The lowest BCUT2D eigenvalue weighted by Crippen LogP contribution is -2.65. The van der Waals surface area contributed by atoms with Crippen LogP contribution in [0.15, 0.2) is 0 Å². The van der Waals surface area contributed by atoms with Gasteiger partial charge < -0.3 is 10.5 Å². The Kier molecular flexibility index (Phi) is 4.42. The van der Waals surface area contributed by atoms with E-state index in [2.05, 4.69) is 24.3 Å². The van der Waals surface area contributed by atoms with Gasteiger partial charge in [0.1, 0.15) is 0 Å². The van der Waals surface area contributed by atoms with E-state index in [1.165, 1.54) is 19.3 Å². The number of nitrogens with one attached hydrogen (secondary N) is 1. The highest BCUT2D eigenvalue weighted by Crippen LogP contribution is 2.26. The highest BCUT2D eigenvalue weighted by molar-refractivity contribution is 4.92. The summed E-state index contributed by atoms with van der Waals surface area (Å²) < 4.78 is 5.46. The number of hydrazine groups is 1. The van der Waals surface area contributed by atoms with Crippen LogP contribution in [-0.2, 0) is 4.74 Å². The van der Waals surface area contributed by atoms with Crippen LogP contribution >= 0.6 is 0 Å². The van der Waals surface area contributed by atoms with E-state index in [0.717, 1.165) is 26.1 Å². The smallest absolute Gasteiger partial charge is 0.0492 e. The lowest BCUT2D eigenvalue weighted by molar-refractivity contribution is -0.0414. The predicted molar refractivity (Wildman–Crippen MR) is 69.6 cm³/mol. The molecule has 2 aliphatic rings. The van der Waals surface area contributed by atoms with Crippen molar-refractivity contribution < 1.29 is 4.74 Å². The van der Waals surface area contributed by atoms with Crippen LogP contribution in [0, 0.1) is 0 Å². The Morgan fingerprint density at radius 1 is 1.24 bits per heavy atom. The summed E-state index contributed by atoms with van der Waals surface area (Å²) in [6.45, 7) is 6.99. The van der Waals surface area contributed by atoms with Crippen molar-refractivity contribution in [2.45, 2.75) is 63.6 Å². The number of piperidine rings is 1. The molecule has 0 aromatic heterocycles. The number of ether oxygens (including phenoxy) is 1. The molecule has 2 unspecified atom stereocenters. The molecule has 2 rings (SSSR count). The second kappa shape index (κ2) is 5.65. The fourth-order valence-electron chi connectivity index (χ4n) is 3.04. The first-order chi connectivity index (χ1) is 8.17. The van der Waals surface area contributed by atoms with Gasteiger partial charge >= 0.3 is 0 Å². The van der Waals surface area contributed by atoms with Gasteiger partial charge in [0.25, 0.3) is 0 Å². The van der Waals surface area contributed by atoms with Crippen molar-refractivity contribution in [1.82, 2.24) is 10.4 Å². The molecular weight excluding hydrogens is 214 g/mol. The molecule has 100 valence electrons. The Hall–Kier alpha value is -0.160. The molecule has 0 spiro atoms. The molecule has 4 nitrogen and oxygen atoms in total. The van der Waals surface area contributed by atoms with Crippen molar-refractivity contribution in [3.63, 3.8) is 0 Å². The SMILES string of the molecule is CC1CCCC(C)N1NC1(CN)CCOCC1. The minimum Gasteiger partial charge on any atom is -0.381 e. The summed E-state index contributed by atoms with van der Waals surface area (Å²) in [6, 6.07) is 1.23. The molecule has 0 aromatic rings. The zero-order chi connectivity index (χ0) is 12.3. The molecule has 17 heavy (non-hydrogen) atoms. The Balaban J connectivity index is 2.00. The molecule has 2 saturated heterocycles. The Morgan fingerprint density at radius 3 is 2.35 bits per heavy atom. The number of nitrogens with zero attached hydrogens (tertiary/aromatic N) is 1. The van der Waals surface area contributed by atoms with E-state index >= 15 is 0 Å². The predicted octanol–water partition coefficient (Wildman–Crippen LogP) is 1.26. The average molecular weight is 241 g/mol. The van der Waals surface area contributed by atoms with Crippen molar-refractivity contribution in [3.05, 3.63) is 0 Å². The number of nitrogens with two attached hydrogens (primary N) is 1. The van der Waals surface area contributed by atoms with Crippen LogP contribution in [0.5, 0.6) is 0 Å². The summed E-state index contributed by atoms with van der Waals surface area (Å²) in [6.07, 6.45) is 5.97. The summed E-state index contributed by atoms with van der Waals surface area (Å²) >= 11 is 0. The summed E-state index contributed by atoms with van der Waals surface area (Å²) in [5.41, 5.74) is 9.82. The molecule has 4 heteroatoms. The molecular formula is C13H27N3O.